The summed E-state index contributed by atoms with van der Waals surface area (Å²) in [6, 6.07) is 0.622. The average molecular weight is 504 g/mol. The number of unbranched alkanes of at least 4 members (excludes halogenated alkanes) is 20. The first-order chi connectivity index (χ1) is 17.7. The largest absolute Gasteiger partial charge is 0.257 e. The zero-order valence-corrected chi connectivity index (χ0v) is 25.4. The Morgan fingerprint density at radius 1 is 0.556 bits per heavy atom. The fourth-order valence-electron chi connectivity index (χ4n) is 5.90. The predicted octanol–water partition coefficient (Wildman–Crippen LogP) is 11.8. The Kier molecular flexibility index (Phi) is 22.7. The highest BCUT2D eigenvalue weighted by Crippen LogP contribution is 2.24. The van der Waals surface area contributed by atoms with Crippen LogP contribution in [0.1, 0.15) is 206 Å². The molecule has 0 aliphatic heterocycles. The molecule has 0 aliphatic rings. The van der Waals surface area contributed by atoms with E-state index in [1.807, 2.05) is 0 Å². The summed E-state index contributed by atoms with van der Waals surface area (Å²) in [7, 11) is 0. The zero-order chi connectivity index (χ0) is 26.1. The maximum absolute atomic E-state index is 3.63. The molecular weight excluding hydrogens is 436 g/mol. The Morgan fingerprint density at radius 3 is 1.36 bits per heavy atom. The van der Waals surface area contributed by atoms with Gasteiger partial charge in [-0.2, -0.15) is 0 Å². The fourth-order valence-corrected chi connectivity index (χ4v) is 5.90. The van der Waals surface area contributed by atoms with Gasteiger partial charge in [0.15, 0.2) is 0 Å². The van der Waals surface area contributed by atoms with Gasteiger partial charge in [0.1, 0.15) is 12.4 Å². The summed E-state index contributed by atoms with van der Waals surface area (Å²) in [5.74, 6) is 2.18. The SMILES string of the molecule is CCCCCCCCCCCCCCCC(CC)c1[nH]cc[n+]1C(C)CCCCCCCCCCC. The molecule has 0 saturated carbocycles. The first kappa shape index (κ1) is 33.2. The Labute approximate surface area is 227 Å². The Hall–Kier alpha value is -0.790. The highest BCUT2D eigenvalue weighted by molar-refractivity contribution is 4.89. The van der Waals surface area contributed by atoms with Crippen molar-refractivity contribution in [2.75, 3.05) is 0 Å². The van der Waals surface area contributed by atoms with Gasteiger partial charge in [-0.05, 0) is 32.6 Å². The molecule has 2 atom stereocenters. The van der Waals surface area contributed by atoms with E-state index in [-0.39, 0.29) is 0 Å². The molecule has 0 saturated heterocycles. The second-order valence-corrected chi connectivity index (χ2v) is 11.9. The van der Waals surface area contributed by atoms with E-state index >= 15 is 0 Å². The lowest BCUT2D eigenvalue weighted by Crippen LogP contribution is -2.41. The van der Waals surface area contributed by atoms with Crippen LogP contribution in [0, 0.1) is 0 Å². The van der Waals surface area contributed by atoms with Crippen molar-refractivity contribution in [3.8, 4) is 0 Å². The lowest BCUT2D eigenvalue weighted by molar-refractivity contribution is -0.727. The van der Waals surface area contributed by atoms with Crippen LogP contribution in [0.3, 0.4) is 0 Å². The number of aromatic amines is 1. The molecule has 1 heterocycles. The van der Waals surface area contributed by atoms with Gasteiger partial charge in [-0.1, -0.05) is 156 Å². The predicted molar refractivity (Wildman–Crippen MR) is 161 cm³/mol. The topological polar surface area (TPSA) is 19.7 Å². The molecule has 212 valence electrons. The summed E-state index contributed by atoms with van der Waals surface area (Å²) in [5, 5.41) is 0. The highest BCUT2D eigenvalue weighted by Gasteiger charge is 2.24. The van der Waals surface area contributed by atoms with Crippen LogP contribution in [0.25, 0.3) is 0 Å². The Morgan fingerprint density at radius 2 is 0.944 bits per heavy atom. The summed E-state index contributed by atoms with van der Waals surface area (Å²) >= 11 is 0. The van der Waals surface area contributed by atoms with Gasteiger partial charge in [0.2, 0.25) is 0 Å². The molecule has 0 fully saturated rings. The zero-order valence-electron chi connectivity index (χ0n) is 25.4. The van der Waals surface area contributed by atoms with Crippen molar-refractivity contribution < 1.29 is 4.57 Å². The lowest BCUT2D eigenvalue weighted by atomic mass is 9.96. The van der Waals surface area contributed by atoms with E-state index in [0.29, 0.717) is 12.0 Å². The Balaban J connectivity index is 2.12. The van der Waals surface area contributed by atoms with E-state index in [1.54, 1.807) is 0 Å². The molecule has 0 amide bonds. The van der Waals surface area contributed by atoms with E-state index in [9.17, 15) is 0 Å². The monoisotopic (exact) mass is 504 g/mol. The summed E-state index contributed by atoms with van der Waals surface area (Å²) in [6.45, 7) is 9.42. The van der Waals surface area contributed by atoms with Crippen LogP contribution in [0.15, 0.2) is 12.4 Å². The molecule has 1 aromatic heterocycles. The third-order valence-electron chi connectivity index (χ3n) is 8.48. The molecule has 0 aliphatic carbocycles. The van der Waals surface area contributed by atoms with Crippen molar-refractivity contribution in [2.45, 2.75) is 200 Å². The maximum atomic E-state index is 3.63. The van der Waals surface area contributed by atoms with Gasteiger partial charge in [0.25, 0.3) is 5.82 Å². The summed E-state index contributed by atoms with van der Waals surface area (Å²) in [6.07, 6.45) is 39.9. The molecule has 0 radical (unpaired) electrons. The fraction of sp³-hybridized carbons (Fsp3) is 0.912. The van der Waals surface area contributed by atoms with Crippen LogP contribution in [0.4, 0.5) is 0 Å². The van der Waals surface area contributed by atoms with Crippen molar-refractivity contribution in [3.05, 3.63) is 18.2 Å². The van der Waals surface area contributed by atoms with Gasteiger partial charge in [-0.15, -0.1) is 0 Å². The standard InChI is InChI=1S/C34H66N2/c1-5-8-10-12-14-16-17-18-19-21-23-25-27-29-33(7-3)34-35-30-31-36(34)32(4)28-26-24-22-20-15-13-11-9-6-2/h30-33H,5-29H2,1-4H3/p+1. The van der Waals surface area contributed by atoms with Crippen LogP contribution in [0.5, 0.6) is 0 Å². The number of nitrogens with zero attached hydrogens (tertiary/aromatic N) is 1. The molecule has 0 bridgehead atoms. The molecule has 36 heavy (non-hydrogen) atoms. The molecule has 2 heteroatoms. The van der Waals surface area contributed by atoms with Gasteiger partial charge in [-0.25, -0.2) is 9.55 Å². The summed E-state index contributed by atoms with van der Waals surface area (Å²) in [4.78, 5) is 3.63. The van der Waals surface area contributed by atoms with Gasteiger partial charge in [0.05, 0.1) is 12.0 Å². The number of H-pyrrole nitrogens is 1. The van der Waals surface area contributed by atoms with E-state index in [1.165, 1.54) is 166 Å². The minimum Gasteiger partial charge on any atom is -0.247 e. The summed E-state index contributed by atoms with van der Waals surface area (Å²) in [5.41, 5.74) is 0. The van der Waals surface area contributed by atoms with E-state index in [0.717, 1.165) is 0 Å². The molecule has 1 aromatic rings. The lowest BCUT2D eigenvalue weighted by Gasteiger charge is -2.16. The van der Waals surface area contributed by atoms with Crippen molar-refractivity contribution in [2.24, 2.45) is 0 Å². The van der Waals surface area contributed by atoms with Crippen LogP contribution in [-0.2, 0) is 0 Å². The smallest absolute Gasteiger partial charge is 0.247 e. The van der Waals surface area contributed by atoms with Crippen LogP contribution in [-0.4, -0.2) is 4.98 Å². The molecular formula is C34H67N2+. The second-order valence-electron chi connectivity index (χ2n) is 11.9. The number of rotatable bonds is 27. The third kappa shape index (κ3) is 16.9. The van der Waals surface area contributed by atoms with Crippen LogP contribution >= 0.6 is 0 Å². The van der Waals surface area contributed by atoms with Crippen LogP contribution in [0.2, 0.25) is 0 Å². The quantitative estimate of drug-likeness (QED) is 0.0909. The van der Waals surface area contributed by atoms with Crippen molar-refractivity contribution >= 4 is 0 Å². The average Bonchev–Trinajstić information content (AvgIpc) is 3.38. The van der Waals surface area contributed by atoms with Crippen molar-refractivity contribution in [3.63, 3.8) is 0 Å². The molecule has 2 nitrogen and oxygen atoms in total. The summed E-state index contributed by atoms with van der Waals surface area (Å²) < 4.78 is 2.57. The van der Waals surface area contributed by atoms with Gasteiger partial charge in [0, 0.05) is 0 Å². The van der Waals surface area contributed by atoms with Gasteiger partial charge >= 0.3 is 0 Å². The minimum atomic E-state index is 0.622. The van der Waals surface area contributed by atoms with Crippen molar-refractivity contribution in [1.82, 2.24) is 4.98 Å². The third-order valence-corrected chi connectivity index (χ3v) is 8.48. The van der Waals surface area contributed by atoms with E-state index < -0.39 is 0 Å². The van der Waals surface area contributed by atoms with Gasteiger partial charge < -0.3 is 0 Å². The van der Waals surface area contributed by atoms with Crippen LogP contribution < -0.4 is 4.57 Å². The number of imidazole rings is 1. The number of hydrogen-bond acceptors (Lipinski definition) is 0. The maximum Gasteiger partial charge on any atom is 0.257 e. The number of aromatic nitrogens is 2. The molecule has 0 aromatic carbocycles. The molecule has 1 N–H and O–H groups in total. The van der Waals surface area contributed by atoms with Crippen molar-refractivity contribution in [1.29, 1.82) is 0 Å². The normalized spacial score (nSPS) is 13.3. The van der Waals surface area contributed by atoms with Gasteiger partial charge in [-0.3, -0.25) is 0 Å². The Bertz CT molecular complexity index is 563. The number of hydrogen-bond donors (Lipinski definition) is 1. The minimum absolute atomic E-state index is 0.622. The number of nitrogens with one attached hydrogen (secondary N) is 1. The highest BCUT2D eigenvalue weighted by atomic mass is 15.1. The second kappa shape index (κ2) is 24.5. The van der Waals surface area contributed by atoms with E-state index in [2.05, 4.69) is 49.6 Å². The first-order valence-corrected chi connectivity index (χ1v) is 16.8. The van der Waals surface area contributed by atoms with E-state index in [4.69, 9.17) is 0 Å². The first-order valence-electron chi connectivity index (χ1n) is 16.8. The molecule has 1 rings (SSSR count). The molecule has 0 spiro atoms. The molecule has 2 unspecified atom stereocenters.